The minimum atomic E-state index is -0.507. The molecule has 1 N–H and O–H groups in total. The summed E-state index contributed by atoms with van der Waals surface area (Å²) in [5.41, 5.74) is 3.35. The molecule has 1 atom stereocenters. The van der Waals surface area contributed by atoms with Crippen LogP contribution in [-0.4, -0.2) is 42.2 Å². The number of carbonyl (C=O) groups is 2. The zero-order valence-corrected chi connectivity index (χ0v) is 20.7. The van der Waals surface area contributed by atoms with Crippen molar-refractivity contribution in [2.24, 2.45) is 5.92 Å². The third kappa shape index (κ3) is 8.23. The van der Waals surface area contributed by atoms with Crippen molar-refractivity contribution < 1.29 is 14.3 Å². The summed E-state index contributed by atoms with van der Waals surface area (Å²) in [5.74, 6) is 2.05. The van der Waals surface area contributed by atoms with Gasteiger partial charge in [0.25, 0.3) is 0 Å². The zero-order chi connectivity index (χ0) is 23.5. The molecule has 2 amide bonds. The first-order valence-corrected chi connectivity index (χ1v) is 12.3. The smallest absolute Gasteiger partial charge is 0.242 e. The van der Waals surface area contributed by atoms with Crippen LogP contribution in [-0.2, 0) is 21.9 Å². The predicted octanol–water partition coefficient (Wildman–Crippen LogP) is 4.82. The number of hydrogen-bond donors (Lipinski definition) is 1. The van der Waals surface area contributed by atoms with Crippen molar-refractivity contribution in [2.75, 3.05) is 19.4 Å². The SMILES string of the molecule is CC[C@H](C(=O)NCC(C)C)N(Cc1cccc(OC)c1)C(=O)CSCc1cccc(C)c1. The number of ether oxygens (including phenoxy) is 1. The summed E-state index contributed by atoms with van der Waals surface area (Å²) in [6, 6.07) is 15.5. The summed E-state index contributed by atoms with van der Waals surface area (Å²) in [5, 5.41) is 3.00. The summed E-state index contributed by atoms with van der Waals surface area (Å²) in [7, 11) is 1.62. The molecular weight excluding hydrogens is 420 g/mol. The quantitative estimate of drug-likeness (QED) is 0.498. The highest BCUT2D eigenvalue weighted by atomic mass is 32.2. The van der Waals surface area contributed by atoms with Gasteiger partial charge in [-0.25, -0.2) is 0 Å². The van der Waals surface area contributed by atoms with Crippen molar-refractivity contribution in [1.29, 1.82) is 0 Å². The number of carbonyl (C=O) groups excluding carboxylic acids is 2. The van der Waals surface area contributed by atoms with Crippen molar-refractivity contribution >= 4 is 23.6 Å². The van der Waals surface area contributed by atoms with Crippen molar-refractivity contribution in [3.63, 3.8) is 0 Å². The van der Waals surface area contributed by atoms with Gasteiger partial charge in [0, 0.05) is 18.8 Å². The van der Waals surface area contributed by atoms with E-state index in [9.17, 15) is 9.59 Å². The molecule has 2 rings (SSSR count). The van der Waals surface area contributed by atoms with E-state index in [1.165, 1.54) is 11.1 Å². The molecule has 5 nitrogen and oxygen atoms in total. The fourth-order valence-corrected chi connectivity index (χ4v) is 4.31. The molecule has 0 fully saturated rings. The van der Waals surface area contributed by atoms with E-state index in [1.54, 1.807) is 23.8 Å². The van der Waals surface area contributed by atoms with Crippen LogP contribution >= 0.6 is 11.8 Å². The molecule has 174 valence electrons. The molecule has 0 radical (unpaired) electrons. The van der Waals surface area contributed by atoms with E-state index in [0.29, 0.717) is 31.2 Å². The molecular formula is C26H36N2O3S. The molecule has 0 saturated heterocycles. The number of thioether (sulfide) groups is 1. The molecule has 0 spiro atoms. The number of hydrogen-bond acceptors (Lipinski definition) is 4. The van der Waals surface area contributed by atoms with E-state index in [4.69, 9.17) is 4.74 Å². The highest BCUT2D eigenvalue weighted by Crippen LogP contribution is 2.20. The first-order valence-electron chi connectivity index (χ1n) is 11.2. The third-order valence-corrected chi connectivity index (χ3v) is 6.12. The molecule has 0 bridgehead atoms. The summed E-state index contributed by atoms with van der Waals surface area (Å²) >= 11 is 1.58. The molecule has 0 aliphatic rings. The number of nitrogens with one attached hydrogen (secondary N) is 1. The number of aryl methyl sites for hydroxylation is 1. The lowest BCUT2D eigenvalue weighted by Gasteiger charge is -2.31. The Kier molecular flexibility index (Phi) is 10.6. The van der Waals surface area contributed by atoms with E-state index in [-0.39, 0.29) is 11.8 Å². The second kappa shape index (κ2) is 13.2. The standard InChI is InChI=1S/C26H36N2O3S/c1-6-24(26(30)27-15-19(2)3)28(16-21-10-8-12-23(14-21)31-5)25(29)18-32-17-22-11-7-9-20(4)13-22/h7-14,19,24H,6,15-18H2,1-5H3,(H,27,30)/t24-/m1/s1. The van der Waals surface area contributed by atoms with Crippen molar-refractivity contribution in [3.05, 3.63) is 65.2 Å². The van der Waals surface area contributed by atoms with Gasteiger partial charge < -0.3 is 15.0 Å². The van der Waals surface area contributed by atoms with Crippen LogP contribution in [0.4, 0.5) is 0 Å². The monoisotopic (exact) mass is 456 g/mol. The maximum atomic E-state index is 13.3. The predicted molar refractivity (Wildman–Crippen MR) is 133 cm³/mol. The molecule has 0 unspecified atom stereocenters. The van der Waals surface area contributed by atoms with Crippen LogP contribution in [0, 0.1) is 12.8 Å². The van der Waals surface area contributed by atoms with Gasteiger partial charge in [-0.05, 0) is 42.5 Å². The van der Waals surface area contributed by atoms with Crippen LogP contribution in [0.5, 0.6) is 5.75 Å². The highest BCUT2D eigenvalue weighted by Gasteiger charge is 2.28. The van der Waals surface area contributed by atoms with Gasteiger partial charge in [0.05, 0.1) is 12.9 Å². The fraction of sp³-hybridized carbons (Fsp3) is 0.462. The lowest BCUT2D eigenvalue weighted by atomic mass is 10.1. The number of methoxy groups -OCH3 is 1. The van der Waals surface area contributed by atoms with Gasteiger partial charge in [-0.2, -0.15) is 0 Å². The van der Waals surface area contributed by atoms with E-state index in [0.717, 1.165) is 17.1 Å². The summed E-state index contributed by atoms with van der Waals surface area (Å²) in [6.07, 6.45) is 0.558. The van der Waals surface area contributed by atoms with E-state index in [1.807, 2.05) is 37.3 Å². The summed E-state index contributed by atoms with van der Waals surface area (Å²) < 4.78 is 5.33. The molecule has 2 aromatic carbocycles. The van der Waals surface area contributed by atoms with Crippen LogP contribution in [0.3, 0.4) is 0 Å². The van der Waals surface area contributed by atoms with Gasteiger partial charge in [-0.3, -0.25) is 9.59 Å². The van der Waals surface area contributed by atoms with Gasteiger partial charge >= 0.3 is 0 Å². The van der Waals surface area contributed by atoms with E-state index >= 15 is 0 Å². The number of benzene rings is 2. The second-order valence-corrected chi connectivity index (χ2v) is 9.40. The van der Waals surface area contributed by atoms with E-state index in [2.05, 4.69) is 44.3 Å². The Bertz CT molecular complexity index is 885. The molecule has 0 aliphatic heterocycles. The maximum Gasteiger partial charge on any atom is 0.242 e. The second-order valence-electron chi connectivity index (χ2n) is 8.42. The Hall–Kier alpha value is -2.47. The van der Waals surface area contributed by atoms with Crippen LogP contribution < -0.4 is 10.1 Å². The Labute approximate surface area is 196 Å². The van der Waals surface area contributed by atoms with Crippen LogP contribution in [0.25, 0.3) is 0 Å². The van der Waals surface area contributed by atoms with Gasteiger partial charge in [0.2, 0.25) is 11.8 Å². The maximum absolute atomic E-state index is 13.3. The number of nitrogens with zero attached hydrogens (tertiary/aromatic N) is 1. The molecule has 32 heavy (non-hydrogen) atoms. The average Bonchev–Trinajstić information content (AvgIpc) is 2.77. The van der Waals surface area contributed by atoms with Crippen LogP contribution in [0.2, 0.25) is 0 Å². The van der Waals surface area contributed by atoms with Gasteiger partial charge in [0.15, 0.2) is 0 Å². The lowest BCUT2D eigenvalue weighted by molar-refractivity contribution is -0.139. The Morgan fingerprint density at radius 3 is 2.47 bits per heavy atom. The molecule has 6 heteroatoms. The molecule has 0 heterocycles. The number of amides is 2. The van der Waals surface area contributed by atoms with Crippen molar-refractivity contribution in [1.82, 2.24) is 10.2 Å². The van der Waals surface area contributed by atoms with Crippen molar-refractivity contribution in [3.8, 4) is 5.75 Å². The fourth-order valence-electron chi connectivity index (χ4n) is 3.45. The first-order chi connectivity index (χ1) is 15.3. The van der Waals surface area contributed by atoms with Gasteiger partial charge in [0.1, 0.15) is 11.8 Å². The molecule has 0 saturated carbocycles. The van der Waals surface area contributed by atoms with Gasteiger partial charge in [-0.15, -0.1) is 11.8 Å². The van der Waals surface area contributed by atoms with Crippen LogP contribution in [0.1, 0.15) is 43.9 Å². The Morgan fingerprint density at radius 2 is 1.81 bits per heavy atom. The Balaban J connectivity index is 2.14. The largest absolute Gasteiger partial charge is 0.497 e. The minimum Gasteiger partial charge on any atom is -0.497 e. The lowest BCUT2D eigenvalue weighted by Crippen LogP contribution is -2.50. The molecule has 0 aromatic heterocycles. The molecule has 2 aromatic rings. The topological polar surface area (TPSA) is 58.6 Å². The summed E-state index contributed by atoms with van der Waals surface area (Å²) in [6.45, 7) is 9.10. The molecule has 0 aliphatic carbocycles. The van der Waals surface area contributed by atoms with E-state index < -0.39 is 6.04 Å². The van der Waals surface area contributed by atoms with Gasteiger partial charge in [-0.1, -0.05) is 62.7 Å². The Morgan fingerprint density at radius 1 is 1.09 bits per heavy atom. The third-order valence-electron chi connectivity index (χ3n) is 5.13. The average molecular weight is 457 g/mol. The first kappa shape index (κ1) is 25.8. The van der Waals surface area contributed by atoms with Crippen LogP contribution in [0.15, 0.2) is 48.5 Å². The number of rotatable bonds is 12. The summed E-state index contributed by atoms with van der Waals surface area (Å²) in [4.78, 5) is 27.9. The van der Waals surface area contributed by atoms with Crippen molar-refractivity contribution in [2.45, 2.75) is 52.5 Å². The normalized spacial score (nSPS) is 11.8. The minimum absolute atomic E-state index is 0.0305. The highest BCUT2D eigenvalue weighted by molar-refractivity contribution is 7.99. The zero-order valence-electron chi connectivity index (χ0n) is 19.9.